The van der Waals surface area contributed by atoms with Crippen LogP contribution >= 0.6 is 11.3 Å². The van der Waals surface area contributed by atoms with Crippen molar-refractivity contribution < 1.29 is 18.8 Å². The number of rotatable bonds is 2. The molecule has 0 unspecified atom stereocenters. The van der Waals surface area contributed by atoms with E-state index >= 15 is 0 Å². The highest BCUT2D eigenvalue weighted by atomic mass is 32.1. The second-order valence-electron chi connectivity index (χ2n) is 7.80. The number of nitrogens with zero attached hydrogens (tertiary/aromatic N) is 1. The molecule has 0 saturated carbocycles. The summed E-state index contributed by atoms with van der Waals surface area (Å²) in [6.07, 6.45) is -0.375. The van der Waals surface area contributed by atoms with Gasteiger partial charge < -0.3 is 14.0 Å². The highest BCUT2D eigenvalue weighted by Gasteiger charge is 2.52. The van der Waals surface area contributed by atoms with Gasteiger partial charge in [-0.05, 0) is 60.6 Å². The maximum Gasteiger partial charge on any atom is 0.505 e. The first kappa shape index (κ1) is 18.3. The molecule has 1 fully saturated rings. The molecule has 5 nitrogen and oxygen atoms in total. The number of ether oxygens (including phenoxy) is 1. The van der Waals surface area contributed by atoms with Crippen LogP contribution in [0.25, 0.3) is 0 Å². The lowest BCUT2D eigenvalue weighted by Gasteiger charge is -2.32. The number of carbonyl (C=O) groups is 1. The molecular formula is C16H26BNO4S. The fourth-order valence-electron chi connectivity index (χ4n) is 2.03. The smallest absolute Gasteiger partial charge is 0.443 e. The minimum absolute atomic E-state index is 0.375. The minimum atomic E-state index is -0.517. The average molecular weight is 339 g/mol. The Labute approximate surface area is 143 Å². The largest absolute Gasteiger partial charge is 0.505 e. The fourth-order valence-corrected chi connectivity index (χ4v) is 2.95. The monoisotopic (exact) mass is 339 g/mol. The van der Waals surface area contributed by atoms with Crippen molar-refractivity contribution in [3.8, 4) is 0 Å². The highest BCUT2D eigenvalue weighted by Crippen LogP contribution is 2.37. The maximum absolute atomic E-state index is 12.1. The van der Waals surface area contributed by atoms with Crippen LogP contribution < -0.4 is 9.68 Å². The third-order valence-electron chi connectivity index (χ3n) is 4.10. The van der Waals surface area contributed by atoms with Gasteiger partial charge in [0.15, 0.2) is 0 Å². The van der Waals surface area contributed by atoms with E-state index in [1.807, 2.05) is 60.6 Å². The molecule has 1 amide bonds. The summed E-state index contributed by atoms with van der Waals surface area (Å²) >= 11 is 1.47. The Morgan fingerprint density at radius 2 is 1.70 bits per heavy atom. The second-order valence-corrected chi connectivity index (χ2v) is 8.90. The summed E-state index contributed by atoms with van der Waals surface area (Å²) in [6, 6.07) is 3.82. The molecule has 0 bridgehead atoms. The van der Waals surface area contributed by atoms with Gasteiger partial charge >= 0.3 is 13.2 Å². The Morgan fingerprint density at radius 3 is 2.17 bits per heavy atom. The van der Waals surface area contributed by atoms with Gasteiger partial charge in [-0.15, -0.1) is 11.3 Å². The van der Waals surface area contributed by atoms with Crippen molar-refractivity contribution in [3.63, 3.8) is 0 Å². The van der Waals surface area contributed by atoms with Crippen LogP contribution in [0, 0.1) is 0 Å². The summed E-state index contributed by atoms with van der Waals surface area (Å²) in [4.78, 5) is 13.6. The van der Waals surface area contributed by atoms with E-state index in [9.17, 15) is 4.79 Å². The van der Waals surface area contributed by atoms with Crippen LogP contribution in [0.1, 0.15) is 48.5 Å². The van der Waals surface area contributed by atoms with Crippen LogP contribution in [0.4, 0.5) is 9.80 Å². The Bertz CT molecular complexity index is 575. The van der Waals surface area contributed by atoms with Gasteiger partial charge in [-0.3, -0.25) is 4.90 Å². The molecule has 128 valence electrons. The number of hydrogen-bond donors (Lipinski definition) is 0. The van der Waals surface area contributed by atoms with Crippen molar-refractivity contribution in [3.05, 3.63) is 12.1 Å². The highest BCUT2D eigenvalue weighted by molar-refractivity contribution is 7.25. The van der Waals surface area contributed by atoms with E-state index in [0.717, 1.165) is 9.78 Å². The van der Waals surface area contributed by atoms with E-state index in [0.29, 0.717) is 0 Å². The number of thiophene rings is 1. The van der Waals surface area contributed by atoms with Gasteiger partial charge in [0, 0.05) is 11.8 Å². The van der Waals surface area contributed by atoms with Crippen LogP contribution in [0.5, 0.6) is 0 Å². The van der Waals surface area contributed by atoms with E-state index in [4.69, 9.17) is 14.0 Å². The van der Waals surface area contributed by atoms with Crippen LogP contribution in [0.2, 0.25) is 0 Å². The topological polar surface area (TPSA) is 48.0 Å². The van der Waals surface area contributed by atoms with Crippen LogP contribution in [-0.4, -0.2) is 37.1 Å². The third kappa shape index (κ3) is 3.90. The van der Waals surface area contributed by atoms with E-state index in [1.54, 1.807) is 7.05 Å². The second kappa shape index (κ2) is 5.79. The third-order valence-corrected chi connectivity index (χ3v) is 5.28. The number of hydrogen-bond acceptors (Lipinski definition) is 5. The first-order valence-electron chi connectivity index (χ1n) is 7.74. The number of anilines is 1. The summed E-state index contributed by atoms with van der Waals surface area (Å²) < 4.78 is 18.4. The molecule has 0 N–H and O–H groups in total. The average Bonchev–Trinajstić information content (AvgIpc) is 2.90. The molecule has 1 aromatic heterocycles. The Balaban J connectivity index is 2.11. The lowest BCUT2D eigenvalue weighted by atomic mass is 9.88. The molecule has 0 aromatic carbocycles. The molecule has 1 aliphatic heterocycles. The van der Waals surface area contributed by atoms with Gasteiger partial charge in [-0.1, -0.05) is 0 Å². The summed E-state index contributed by atoms with van der Waals surface area (Å²) in [6.45, 7) is 13.6. The first-order valence-corrected chi connectivity index (χ1v) is 8.56. The van der Waals surface area contributed by atoms with Crippen LogP contribution in [0.15, 0.2) is 12.1 Å². The van der Waals surface area contributed by atoms with Crippen molar-refractivity contribution in [2.45, 2.75) is 65.3 Å². The van der Waals surface area contributed by atoms with Crippen molar-refractivity contribution >= 4 is 34.3 Å². The Morgan fingerprint density at radius 1 is 1.17 bits per heavy atom. The van der Waals surface area contributed by atoms with Crippen molar-refractivity contribution in [1.29, 1.82) is 0 Å². The molecule has 7 heteroatoms. The summed E-state index contributed by atoms with van der Waals surface area (Å²) in [7, 11) is 1.29. The van der Waals surface area contributed by atoms with Gasteiger partial charge in [0.1, 0.15) is 5.60 Å². The molecule has 1 aliphatic rings. The van der Waals surface area contributed by atoms with E-state index in [-0.39, 0.29) is 17.3 Å². The number of carbonyl (C=O) groups excluding carboxylic acids is 1. The maximum atomic E-state index is 12.1. The van der Waals surface area contributed by atoms with Crippen molar-refractivity contribution in [1.82, 2.24) is 0 Å². The van der Waals surface area contributed by atoms with Gasteiger partial charge in [0.25, 0.3) is 0 Å². The Hall–Kier alpha value is -1.05. The van der Waals surface area contributed by atoms with Crippen LogP contribution in [0.3, 0.4) is 0 Å². The molecule has 0 spiro atoms. The molecule has 1 saturated heterocycles. The SMILES string of the molecule is CN(C(=O)OC(C)(C)C)c1ccc(B2OC(C)(C)C(C)(C)O2)s1. The molecule has 0 radical (unpaired) electrons. The molecule has 2 heterocycles. The molecule has 2 rings (SSSR count). The van der Waals surface area contributed by atoms with Gasteiger partial charge in [0.2, 0.25) is 0 Å². The standard InChI is InChI=1S/C16H26BNO4S/c1-14(2,3)20-13(19)18(8)12-10-9-11(23-12)17-21-15(4,5)16(6,7)22-17/h9-10H,1-8H3. The molecular weight excluding hydrogens is 313 g/mol. The summed E-state index contributed by atoms with van der Waals surface area (Å²) in [5.41, 5.74) is -1.27. The van der Waals surface area contributed by atoms with E-state index in [1.165, 1.54) is 16.2 Å². The quantitative estimate of drug-likeness (QED) is 0.775. The summed E-state index contributed by atoms with van der Waals surface area (Å²) in [5, 5.41) is 0.795. The lowest BCUT2D eigenvalue weighted by molar-refractivity contribution is 0.00578. The van der Waals surface area contributed by atoms with Crippen molar-refractivity contribution in [2.24, 2.45) is 0 Å². The molecule has 0 aliphatic carbocycles. The molecule has 0 atom stereocenters. The Kier molecular flexibility index (Phi) is 4.61. The van der Waals surface area contributed by atoms with E-state index < -0.39 is 12.7 Å². The lowest BCUT2D eigenvalue weighted by Crippen LogP contribution is -2.41. The zero-order valence-corrected chi connectivity index (χ0v) is 16.0. The predicted octanol–water partition coefficient (Wildman–Crippen LogP) is 3.42. The fraction of sp³-hybridized carbons (Fsp3) is 0.688. The molecule has 23 heavy (non-hydrogen) atoms. The molecule has 1 aromatic rings. The van der Waals surface area contributed by atoms with Gasteiger partial charge in [0.05, 0.1) is 16.2 Å². The summed E-state index contributed by atoms with van der Waals surface area (Å²) in [5.74, 6) is 0. The zero-order chi connectivity index (χ0) is 17.6. The van der Waals surface area contributed by atoms with E-state index in [2.05, 4.69) is 0 Å². The first-order chi connectivity index (χ1) is 10.3. The normalized spacial score (nSPS) is 19.7. The van der Waals surface area contributed by atoms with Crippen molar-refractivity contribution in [2.75, 3.05) is 11.9 Å². The van der Waals surface area contributed by atoms with Gasteiger partial charge in [-0.25, -0.2) is 4.79 Å². The van der Waals surface area contributed by atoms with Gasteiger partial charge in [-0.2, -0.15) is 0 Å². The zero-order valence-electron chi connectivity index (χ0n) is 15.2. The minimum Gasteiger partial charge on any atom is -0.443 e. The van der Waals surface area contributed by atoms with Crippen LogP contribution in [-0.2, 0) is 14.0 Å². The number of amides is 1. The predicted molar refractivity (Wildman–Crippen MR) is 94.7 cm³/mol.